The van der Waals surface area contributed by atoms with Crippen LogP contribution in [0.15, 0.2) is 34.2 Å². The van der Waals surface area contributed by atoms with Gasteiger partial charge in [-0.05, 0) is 31.9 Å². The van der Waals surface area contributed by atoms with E-state index >= 15 is 0 Å². The number of sulfonamides is 1. The fraction of sp³-hybridized carbons (Fsp3) is 0.591. The molecule has 1 saturated heterocycles. The lowest BCUT2D eigenvalue weighted by Gasteiger charge is -2.36. The second-order valence-electron chi connectivity index (χ2n) is 8.73. The van der Waals surface area contributed by atoms with Gasteiger partial charge in [0.15, 0.2) is 0 Å². The first-order valence-electron chi connectivity index (χ1n) is 11.1. The molecule has 2 heterocycles. The summed E-state index contributed by atoms with van der Waals surface area (Å²) in [5.74, 6) is 0.0444. The lowest BCUT2D eigenvalue weighted by atomic mass is 9.97. The summed E-state index contributed by atoms with van der Waals surface area (Å²) in [4.78, 5) is 34.0. The number of carbonyl (C=O) groups is 2. The number of benzene rings is 1. The van der Waals surface area contributed by atoms with Gasteiger partial charge in [0, 0.05) is 37.8 Å². The zero-order chi connectivity index (χ0) is 23.5. The fourth-order valence-electron chi connectivity index (χ4n) is 3.90. The highest BCUT2D eigenvalue weighted by Crippen LogP contribution is 2.24. The maximum absolute atomic E-state index is 13.4. The quantitative estimate of drug-likeness (QED) is 0.622. The van der Waals surface area contributed by atoms with Gasteiger partial charge in [-0.25, -0.2) is 8.42 Å². The van der Waals surface area contributed by atoms with Crippen molar-refractivity contribution >= 4 is 27.7 Å². The number of amidine groups is 1. The Kier molecular flexibility index (Phi) is 7.55. The Morgan fingerprint density at radius 2 is 1.78 bits per heavy atom. The van der Waals surface area contributed by atoms with Gasteiger partial charge in [-0.15, -0.1) is 0 Å². The van der Waals surface area contributed by atoms with Crippen molar-refractivity contribution < 1.29 is 18.0 Å². The molecule has 0 spiro atoms. The third-order valence-corrected chi connectivity index (χ3v) is 7.26. The minimum absolute atomic E-state index is 0.0177. The molecular formula is C22H33N5O4S. The van der Waals surface area contributed by atoms with Gasteiger partial charge in [0.1, 0.15) is 11.9 Å². The van der Waals surface area contributed by atoms with Crippen LogP contribution in [-0.2, 0) is 19.6 Å². The molecule has 0 bridgehead atoms. The molecule has 2 atom stereocenters. The molecule has 2 aliphatic heterocycles. The van der Waals surface area contributed by atoms with E-state index in [-0.39, 0.29) is 34.5 Å². The summed E-state index contributed by atoms with van der Waals surface area (Å²) >= 11 is 0. The lowest BCUT2D eigenvalue weighted by molar-refractivity contribution is -0.135. The van der Waals surface area contributed by atoms with Gasteiger partial charge in [0.05, 0.1) is 11.4 Å². The number of aliphatic imine (C=N–C) groups is 1. The minimum Gasteiger partial charge on any atom is -0.353 e. The molecule has 2 N–H and O–H groups in total. The van der Waals surface area contributed by atoms with E-state index in [9.17, 15) is 18.0 Å². The third kappa shape index (κ3) is 5.47. The van der Waals surface area contributed by atoms with E-state index in [1.54, 1.807) is 23.1 Å². The highest BCUT2D eigenvalue weighted by atomic mass is 32.2. The van der Waals surface area contributed by atoms with Crippen LogP contribution in [0.25, 0.3) is 0 Å². The molecule has 1 fully saturated rings. The maximum atomic E-state index is 13.4. The Hall–Kier alpha value is -2.46. The summed E-state index contributed by atoms with van der Waals surface area (Å²) < 4.78 is 27.3. The van der Waals surface area contributed by atoms with E-state index in [4.69, 9.17) is 0 Å². The number of piperazine rings is 1. The first kappa shape index (κ1) is 24.2. The van der Waals surface area contributed by atoms with Crippen molar-refractivity contribution in [3.05, 3.63) is 29.8 Å². The van der Waals surface area contributed by atoms with E-state index in [0.29, 0.717) is 38.3 Å². The first-order valence-corrected chi connectivity index (χ1v) is 12.6. The fourth-order valence-corrected chi connectivity index (χ4v) is 5.14. The molecular weight excluding hydrogens is 430 g/mol. The third-order valence-electron chi connectivity index (χ3n) is 5.87. The number of nitrogens with one attached hydrogen (secondary N) is 2. The van der Waals surface area contributed by atoms with Crippen LogP contribution in [-0.4, -0.2) is 80.7 Å². The Morgan fingerprint density at radius 3 is 2.41 bits per heavy atom. The molecule has 10 heteroatoms. The number of rotatable bonds is 7. The van der Waals surface area contributed by atoms with E-state index in [2.05, 4.69) is 15.0 Å². The van der Waals surface area contributed by atoms with E-state index in [1.807, 2.05) is 32.6 Å². The Morgan fingerprint density at radius 1 is 1.12 bits per heavy atom. The molecule has 1 aromatic rings. The molecule has 1 aromatic carbocycles. The van der Waals surface area contributed by atoms with E-state index in [0.717, 1.165) is 6.42 Å². The standard InChI is InChI=1S/C22H33N5O4S/c1-5-16(4)20(24-21-17-8-6-7-9-18(17)32(30,31)25-21)22(29)27-12-10-26(11-13-27)14-19(28)23-15(2)3/h6-9,15-16,20H,5,10-14H2,1-4H3,(H,23,28)(H,24,25)/t16-,20-/m0/s1. The van der Waals surface area contributed by atoms with Crippen molar-refractivity contribution in [2.75, 3.05) is 32.7 Å². The van der Waals surface area contributed by atoms with Crippen LogP contribution in [0.3, 0.4) is 0 Å². The lowest BCUT2D eigenvalue weighted by Crippen LogP contribution is -2.54. The summed E-state index contributed by atoms with van der Waals surface area (Å²) in [6, 6.07) is 6.07. The van der Waals surface area contributed by atoms with Crippen molar-refractivity contribution in [3.63, 3.8) is 0 Å². The largest absolute Gasteiger partial charge is 0.353 e. The van der Waals surface area contributed by atoms with Crippen LogP contribution >= 0.6 is 0 Å². The Bertz CT molecular complexity index is 984. The summed E-state index contributed by atoms with van der Waals surface area (Å²) in [5.41, 5.74) is 0.495. The molecule has 2 aliphatic rings. The van der Waals surface area contributed by atoms with Crippen LogP contribution in [0.2, 0.25) is 0 Å². The Labute approximate surface area is 190 Å². The predicted octanol–water partition coefficient (Wildman–Crippen LogP) is 0.809. The van der Waals surface area contributed by atoms with Crippen molar-refractivity contribution in [1.29, 1.82) is 0 Å². The van der Waals surface area contributed by atoms with Crippen molar-refractivity contribution in [3.8, 4) is 0 Å². The number of fused-ring (bicyclic) bond motifs is 1. The van der Waals surface area contributed by atoms with Crippen LogP contribution < -0.4 is 10.0 Å². The molecule has 9 nitrogen and oxygen atoms in total. The highest BCUT2D eigenvalue weighted by molar-refractivity contribution is 7.90. The second kappa shape index (κ2) is 9.99. The van der Waals surface area contributed by atoms with Crippen LogP contribution in [0.5, 0.6) is 0 Å². The van der Waals surface area contributed by atoms with Gasteiger partial charge in [-0.1, -0.05) is 32.4 Å². The zero-order valence-corrected chi connectivity index (χ0v) is 20.0. The van der Waals surface area contributed by atoms with Gasteiger partial charge in [0.25, 0.3) is 10.0 Å². The van der Waals surface area contributed by atoms with Gasteiger partial charge in [-0.3, -0.25) is 24.2 Å². The van der Waals surface area contributed by atoms with Gasteiger partial charge in [-0.2, -0.15) is 0 Å². The molecule has 0 saturated carbocycles. The van der Waals surface area contributed by atoms with Gasteiger partial charge < -0.3 is 10.2 Å². The number of hydrogen-bond acceptors (Lipinski definition) is 6. The summed E-state index contributed by atoms with van der Waals surface area (Å²) in [6.07, 6.45) is 0.733. The minimum atomic E-state index is -3.66. The molecule has 2 amide bonds. The number of nitrogens with zero attached hydrogens (tertiary/aromatic N) is 3. The summed E-state index contributed by atoms with van der Waals surface area (Å²) in [6.45, 7) is 10.3. The van der Waals surface area contributed by atoms with Gasteiger partial charge >= 0.3 is 0 Å². The monoisotopic (exact) mass is 463 g/mol. The van der Waals surface area contributed by atoms with Crippen molar-refractivity contribution in [2.45, 2.75) is 51.1 Å². The number of carbonyl (C=O) groups excluding carboxylic acids is 2. The average molecular weight is 464 g/mol. The van der Waals surface area contributed by atoms with Crippen molar-refractivity contribution in [1.82, 2.24) is 19.8 Å². The molecule has 176 valence electrons. The van der Waals surface area contributed by atoms with Crippen LogP contribution in [0, 0.1) is 5.92 Å². The summed E-state index contributed by atoms with van der Waals surface area (Å²) in [7, 11) is -3.66. The van der Waals surface area contributed by atoms with Crippen LogP contribution in [0.4, 0.5) is 0 Å². The second-order valence-corrected chi connectivity index (χ2v) is 10.4. The molecule has 3 rings (SSSR count). The number of hydrogen-bond donors (Lipinski definition) is 2. The summed E-state index contributed by atoms with van der Waals surface area (Å²) in [5, 5.41) is 2.88. The van der Waals surface area contributed by atoms with Crippen molar-refractivity contribution in [2.24, 2.45) is 10.9 Å². The molecule has 0 unspecified atom stereocenters. The maximum Gasteiger partial charge on any atom is 0.263 e. The highest BCUT2D eigenvalue weighted by Gasteiger charge is 2.35. The smallest absolute Gasteiger partial charge is 0.263 e. The topological polar surface area (TPSA) is 111 Å². The number of amides is 2. The van der Waals surface area contributed by atoms with Gasteiger partial charge in [0.2, 0.25) is 11.8 Å². The van der Waals surface area contributed by atoms with E-state index in [1.165, 1.54) is 6.07 Å². The Balaban J connectivity index is 1.72. The average Bonchev–Trinajstić information content (AvgIpc) is 3.01. The van der Waals surface area contributed by atoms with Crippen LogP contribution in [0.1, 0.15) is 39.7 Å². The molecule has 0 radical (unpaired) electrons. The SMILES string of the molecule is CC[C@H](C)[C@H](N=C1NS(=O)(=O)c2ccccc21)C(=O)N1CCN(CC(=O)NC(C)C)CC1. The first-order chi connectivity index (χ1) is 15.1. The predicted molar refractivity (Wildman–Crippen MR) is 123 cm³/mol. The van der Waals surface area contributed by atoms with E-state index < -0.39 is 16.1 Å². The molecule has 32 heavy (non-hydrogen) atoms. The molecule has 0 aromatic heterocycles. The normalized spacial score (nSPS) is 21.2. The zero-order valence-electron chi connectivity index (χ0n) is 19.2. The molecule has 0 aliphatic carbocycles.